The number of anilines is 2. The van der Waals surface area contributed by atoms with E-state index in [1.807, 2.05) is 37.6 Å². The Morgan fingerprint density at radius 3 is 2.62 bits per heavy atom. The van der Waals surface area contributed by atoms with Gasteiger partial charge in [-0.25, -0.2) is 15.0 Å². The fourth-order valence-electron chi connectivity index (χ4n) is 4.55. The highest BCUT2D eigenvalue weighted by atomic mass is 32.1. The summed E-state index contributed by atoms with van der Waals surface area (Å²) < 4.78 is 2.70. The minimum Gasteiger partial charge on any atom is -0.318 e. The Morgan fingerprint density at radius 2 is 1.91 bits per heavy atom. The number of piperidine rings is 1. The van der Waals surface area contributed by atoms with E-state index in [-0.39, 0.29) is 5.56 Å². The van der Waals surface area contributed by atoms with Gasteiger partial charge in [0.15, 0.2) is 0 Å². The highest BCUT2D eigenvalue weighted by Gasteiger charge is 2.19. The Morgan fingerprint density at radius 1 is 1.12 bits per heavy atom. The van der Waals surface area contributed by atoms with Crippen LogP contribution in [0, 0.1) is 0 Å². The van der Waals surface area contributed by atoms with Crippen molar-refractivity contribution >= 4 is 33.2 Å². The second kappa shape index (κ2) is 9.27. The van der Waals surface area contributed by atoms with Crippen molar-refractivity contribution in [3.05, 3.63) is 64.3 Å². The molecule has 7 nitrogen and oxygen atoms in total. The molecule has 1 saturated heterocycles. The van der Waals surface area contributed by atoms with Crippen molar-refractivity contribution in [1.29, 1.82) is 0 Å². The zero-order valence-electron chi connectivity index (χ0n) is 20.1. The molecule has 0 amide bonds. The summed E-state index contributed by atoms with van der Waals surface area (Å²) in [5.74, 6) is 2.12. The largest absolute Gasteiger partial charge is 0.318 e. The highest BCUT2D eigenvalue weighted by Crippen LogP contribution is 2.36. The number of hydrogen-bond donors (Lipinski definition) is 1. The van der Waals surface area contributed by atoms with Crippen molar-refractivity contribution in [2.45, 2.75) is 38.5 Å². The number of likely N-dealkylation sites (tertiary alicyclic amines) is 1. The van der Waals surface area contributed by atoms with E-state index in [1.165, 1.54) is 24.0 Å². The summed E-state index contributed by atoms with van der Waals surface area (Å²) in [6.45, 7) is 6.56. The van der Waals surface area contributed by atoms with Crippen LogP contribution in [0.15, 0.2) is 47.7 Å². The lowest BCUT2D eigenvalue weighted by atomic mass is 9.91. The van der Waals surface area contributed by atoms with E-state index in [0.717, 1.165) is 39.6 Å². The molecule has 4 aromatic heterocycles. The summed E-state index contributed by atoms with van der Waals surface area (Å²) in [5, 5.41) is 3.98. The first-order valence-corrected chi connectivity index (χ1v) is 12.6. The van der Waals surface area contributed by atoms with Crippen LogP contribution in [-0.2, 0) is 7.05 Å². The van der Waals surface area contributed by atoms with Gasteiger partial charge in [0, 0.05) is 30.3 Å². The number of aryl methyl sites for hydroxylation is 1. The molecule has 0 saturated carbocycles. The molecule has 1 aliphatic rings. The van der Waals surface area contributed by atoms with Gasteiger partial charge in [-0.2, -0.15) is 0 Å². The molecule has 4 aromatic rings. The molecule has 5 rings (SSSR count). The van der Waals surface area contributed by atoms with E-state index in [4.69, 9.17) is 4.98 Å². The Balaban J connectivity index is 1.39. The highest BCUT2D eigenvalue weighted by molar-refractivity contribution is 7.22. The molecule has 0 atom stereocenters. The van der Waals surface area contributed by atoms with Crippen LogP contribution in [0.4, 0.5) is 11.8 Å². The maximum atomic E-state index is 12.7. The first-order chi connectivity index (χ1) is 16.4. The lowest BCUT2D eigenvalue weighted by Gasteiger charge is -2.29. The van der Waals surface area contributed by atoms with Crippen LogP contribution < -0.4 is 10.9 Å². The molecule has 0 aromatic carbocycles. The molecule has 1 aliphatic heterocycles. The average molecular weight is 475 g/mol. The average Bonchev–Trinajstić information content (AvgIpc) is 3.28. The summed E-state index contributed by atoms with van der Waals surface area (Å²) in [5.41, 5.74) is 3.28. The van der Waals surface area contributed by atoms with Crippen LogP contribution >= 0.6 is 11.3 Å². The standard InChI is InChI=1S/C26H30N6OS/c1-16(2)20-15-32(4)25(33)19-13-22(34-24(19)20)21-7-10-27-26(29-21)30-23-6-5-18(14-28-23)17-8-11-31(3)12-9-17/h5-7,10,13-17H,8-9,11-12H2,1-4H3,(H,27,28,29,30). The third-order valence-electron chi connectivity index (χ3n) is 6.62. The Labute approximate surface area is 203 Å². The number of nitrogens with zero attached hydrogens (tertiary/aromatic N) is 5. The van der Waals surface area contributed by atoms with Gasteiger partial charge in [-0.3, -0.25) is 4.79 Å². The molecule has 0 radical (unpaired) electrons. The van der Waals surface area contributed by atoms with E-state index in [9.17, 15) is 4.79 Å². The summed E-state index contributed by atoms with van der Waals surface area (Å²) in [7, 11) is 3.99. The van der Waals surface area contributed by atoms with Crippen molar-refractivity contribution < 1.29 is 0 Å². The summed E-state index contributed by atoms with van der Waals surface area (Å²) >= 11 is 1.61. The van der Waals surface area contributed by atoms with Gasteiger partial charge in [0.2, 0.25) is 5.95 Å². The molecule has 0 spiro atoms. The predicted octanol–water partition coefficient (Wildman–Crippen LogP) is 5.13. The van der Waals surface area contributed by atoms with E-state index >= 15 is 0 Å². The van der Waals surface area contributed by atoms with Gasteiger partial charge in [-0.15, -0.1) is 11.3 Å². The first-order valence-electron chi connectivity index (χ1n) is 11.8. The summed E-state index contributed by atoms with van der Waals surface area (Å²) in [6.07, 6.45) is 8.00. The Bertz CT molecular complexity index is 1370. The van der Waals surface area contributed by atoms with Crippen molar-refractivity contribution in [3.8, 4) is 10.6 Å². The van der Waals surface area contributed by atoms with Gasteiger partial charge in [0.1, 0.15) is 5.82 Å². The minimum absolute atomic E-state index is 0.0169. The van der Waals surface area contributed by atoms with Gasteiger partial charge >= 0.3 is 0 Å². The van der Waals surface area contributed by atoms with Crippen LogP contribution in [0.25, 0.3) is 20.7 Å². The normalized spacial score (nSPS) is 15.3. The Hall–Kier alpha value is -3.10. The monoisotopic (exact) mass is 474 g/mol. The van der Waals surface area contributed by atoms with Crippen LogP contribution in [0.5, 0.6) is 0 Å². The molecular formula is C26H30N6OS. The van der Waals surface area contributed by atoms with E-state index in [2.05, 4.69) is 47.1 Å². The topological polar surface area (TPSA) is 75.9 Å². The van der Waals surface area contributed by atoms with Crippen molar-refractivity contribution in [2.24, 2.45) is 7.05 Å². The third kappa shape index (κ3) is 4.48. The molecular weight excluding hydrogens is 444 g/mol. The Kier molecular flexibility index (Phi) is 6.18. The number of aromatic nitrogens is 4. The van der Waals surface area contributed by atoms with Gasteiger partial charge in [0.05, 0.1) is 16.0 Å². The third-order valence-corrected chi connectivity index (χ3v) is 7.83. The van der Waals surface area contributed by atoms with Crippen LogP contribution in [0.1, 0.15) is 49.7 Å². The molecule has 1 N–H and O–H groups in total. The molecule has 0 unspecified atom stereocenters. The van der Waals surface area contributed by atoms with Crippen molar-refractivity contribution in [3.63, 3.8) is 0 Å². The maximum Gasteiger partial charge on any atom is 0.259 e. The number of pyridine rings is 2. The van der Waals surface area contributed by atoms with Crippen molar-refractivity contribution in [2.75, 3.05) is 25.5 Å². The summed E-state index contributed by atoms with van der Waals surface area (Å²) in [6, 6.07) is 7.99. The molecule has 8 heteroatoms. The number of nitrogens with one attached hydrogen (secondary N) is 1. The van der Waals surface area contributed by atoms with Crippen LogP contribution in [0.2, 0.25) is 0 Å². The molecule has 0 bridgehead atoms. The minimum atomic E-state index is 0.0169. The fraction of sp³-hybridized carbons (Fsp3) is 0.385. The fourth-order valence-corrected chi connectivity index (χ4v) is 5.83. The van der Waals surface area contributed by atoms with Gasteiger partial charge in [0.25, 0.3) is 5.56 Å². The molecule has 1 fully saturated rings. The predicted molar refractivity (Wildman–Crippen MR) is 139 cm³/mol. The SMILES string of the molecule is CC(C)c1cn(C)c(=O)c2cc(-c3ccnc(Nc4ccc(C5CCN(C)CC5)cn4)n3)sc12. The lowest BCUT2D eigenvalue weighted by Crippen LogP contribution is -2.29. The number of thiophene rings is 1. The molecule has 34 heavy (non-hydrogen) atoms. The molecule has 0 aliphatic carbocycles. The number of fused-ring (bicyclic) bond motifs is 1. The summed E-state index contributed by atoms with van der Waals surface area (Å²) in [4.78, 5) is 29.8. The quantitative estimate of drug-likeness (QED) is 0.432. The molecule has 176 valence electrons. The van der Waals surface area contributed by atoms with Gasteiger partial charge in [-0.05, 0) is 74.1 Å². The molecule has 5 heterocycles. The van der Waals surface area contributed by atoms with Crippen molar-refractivity contribution in [1.82, 2.24) is 24.4 Å². The van der Waals surface area contributed by atoms with E-state index in [1.54, 1.807) is 22.1 Å². The lowest BCUT2D eigenvalue weighted by molar-refractivity contribution is 0.255. The first kappa shape index (κ1) is 22.7. The maximum absolute atomic E-state index is 12.7. The number of rotatable bonds is 5. The van der Waals surface area contributed by atoms with Crippen LogP contribution in [-0.4, -0.2) is 44.6 Å². The second-order valence-electron chi connectivity index (χ2n) is 9.45. The van der Waals surface area contributed by atoms with E-state index in [0.29, 0.717) is 17.8 Å². The zero-order valence-corrected chi connectivity index (χ0v) is 20.9. The van der Waals surface area contributed by atoms with E-state index < -0.39 is 0 Å². The van der Waals surface area contributed by atoms with Gasteiger partial charge in [-0.1, -0.05) is 19.9 Å². The number of hydrogen-bond acceptors (Lipinski definition) is 7. The van der Waals surface area contributed by atoms with Gasteiger partial charge < -0.3 is 14.8 Å². The smallest absolute Gasteiger partial charge is 0.259 e. The van der Waals surface area contributed by atoms with Crippen LogP contribution in [0.3, 0.4) is 0 Å². The zero-order chi connectivity index (χ0) is 23.8. The second-order valence-corrected chi connectivity index (χ2v) is 10.5.